The van der Waals surface area contributed by atoms with Crippen molar-refractivity contribution in [3.8, 4) is 5.75 Å². The molecule has 1 aliphatic rings. The van der Waals surface area contributed by atoms with Crippen LogP contribution in [0.3, 0.4) is 0 Å². The van der Waals surface area contributed by atoms with Crippen molar-refractivity contribution in [2.75, 3.05) is 20.2 Å². The molecule has 1 heterocycles. The van der Waals surface area contributed by atoms with Crippen LogP contribution in [0.25, 0.3) is 0 Å². The van der Waals surface area contributed by atoms with E-state index in [4.69, 9.17) is 9.15 Å². The summed E-state index contributed by atoms with van der Waals surface area (Å²) in [7, 11) is 1.58. The maximum Gasteiger partial charge on any atom is 0.287 e. The molecule has 1 fully saturated rings. The number of furan rings is 1. The Bertz CT molecular complexity index is 934. The number of benzene rings is 1. The molecule has 0 bridgehead atoms. The smallest absolute Gasteiger partial charge is 0.287 e. The zero-order valence-corrected chi connectivity index (χ0v) is 20.2. The van der Waals surface area contributed by atoms with E-state index in [0.29, 0.717) is 23.8 Å². The van der Waals surface area contributed by atoms with Crippen molar-refractivity contribution in [2.45, 2.75) is 58.0 Å². The molecule has 34 heavy (non-hydrogen) atoms. The number of nitrogens with zero attached hydrogens (tertiary/aromatic N) is 1. The van der Waals surface area contributed by atoms with Gasteiger partial charge in [-0.3, -0.25) is 14.4 Å². The summed E-state index contributed by atoms with van der Waals surface area (Å²) in [6.07, 6.45) is 6.19. The van der Waals surface area contributed by atoms with Gasteiger partial charge in [0.1, 0.15) is 11.8 Å². The molecule has 0 radical (unpaired) electrons. The van der Waals surface area contributed by atoms with Crippen LogP contribution < -0.4 is 15.4 Å². The first-order valence-electron chi connectivity index (χ1n) is 11.9. The molecule has 3 amide bonds. The third-order valence-electron chi connectivity index (χ3n) is 6.11. The second-order valence-electron chi connectivity index (χ2n) is 9.10. The molecule has 0 aliphatic heterocycles. The van der Waals surface area contributed by atoms with Gasteiger partial charge in [0, 0.05) is 12.6 Å². The summed E-state index contributed by atoms with van der Waals surface area (Å²) in [5.74, 6) is 0.132. The van der Waals surface area contributed by atoms with Crippen LogP contribution in [0.5, 0.6) is 5.75 Å². The van der Waals surface area contributed by atoms with E-state index in [1.165, 1.54) is 12.3 Å². The Labute approximate surface area is 201 Å². The largest absolute Gasteiger partial charge is 0.497 e. The summed E-state index contributed by atoms with van der Waals surface area (Å²) < 4.78 is 10.4. The number of methoxy groups -OCH3 is 1. The second-order valence-corrected chi connectivity index (χ2v) is 9.10. The Morgan fingerprint density at radius 2 is 1.82 bits per heavy atom. The highest BCUT2D eigenvalue weighted by molar-refractivity contribution is 5.95. The second kappa shape index (κ2) is 12.3. The number of carbonyl (C=O) groups excluding carboxylic acids is 3. The summed E-state index contributed by atoms with van der Waals surface area (Å²) in [4.78, 5) is 40.8. The molecule has 0 unspecified atom stereocenters. The SMILES string of the molecule is COc1ccc([C@H](C(=O)NC2CCCC2)N(CCC(C)C)C(=O)CNC(=O)c2ccco2)cc1. The van der Waals surface area contributed by atoms with Crippen LogP contribution in [0.2, 0.25) is 0 Å². The molecule has 1 aromatic carbocycles. The van der Waals surface area contributed by atoms with Crippen molar-refractivity contribution in [2.24, 2.45) is 5.92 Å². The van der Waals surface area contributed by atoms with Gasteiger partial charge in [0.25, 0.3) is 5.91 Å². The highest BCUT2D eigenvalue weighted by atomic mass is 16.5. The first-order chi connectivity index (χ1) is 16.4. The van der Waals surface area contributed by atoms with E-state index in [1.807, 2.05) is 12.1 Å². The molecule has 2 aromatic rings. The third kappa shape index (κ3) is 6.85. The fourth-order valence-electron chi connectivity index (χ4n) is 4.16. The van der Waals surface area contributed by atoms with Crippen molar-refractivity contribution in [1.82, 2.24) is 15.5 Å². The molecule has 0 spiro atoms. The Balaban J connectivity index is 1.84. The van der Waals surface area contributed by atoms with Gasteiger partial charge in [-0.15, -0.1) is 0 Å². The Kier molecular flexibility index (Phi) is 9.13. The van der Waals surface area contributed by atoms with E-state index in [2.05, 4.69) is 24.5 Å². The Morgan fingerprint density at radius 3 is 2.41 bits per heavy atom. The number of carbonyl (C=O) groups is 3. The van der Waals surface area contributed by atoms with Gasteiger partial charge >= 0.3 is 0 Å². The molecular weight excluding hydrogens is 434 g/mol. The van der Waals surface area contributed by atoms with Gasteiger partial charge in [0.05, 0.1) is 19.9 Å². The van der Waals surface area contributed by atoms with Gasteiger partial charge in [-0.1, -0.05) is 38.8 Å². The zero-order valence-electron chi connectivity index (χ0n) is 20.2. The summed E-state index contributed by atoms with van der Waals surface area (Å²) in [6, 6.07) is 9.66. The Hall–Kier alpha value is -3.29. The van der Waals surface area contributed by atoms with Crippen molar-refractivity contribution in [3.05, 3.63) is 54.0 Å². The normalized spacial score (nSPS) is 14.6. The van der Waals surface area contributed by atoms with Crippen molar-refractivity contribution >= 4 is 17.7 Å². The van der Waals surface area contributed by atoms with E-state index in [0.717, 1.165) is 32.1 Å². The number of ether oxygens (including phenoxy) is 1. The summed E-state index contributed by atoms with van der Waals surface area (Å²) in [6.45, 7) is 4.30. The average Bonchev–Trinajstić information content (AvgIpc) is 3.54. The summed E-state index contributed by atoms with van der Waals surface area (Å²) in [5.41, 5.74) is 0.700. The fraction of sp³-hybridized carbons (Fsp3) is 0.500. The topological polar surface area (TPSA) is 101 Å². The minimum atomic E-state index is -0.807. The van der Waals surface area contributed by atoms with E-state index in [-0.39, 0.29) is 30.2 Å². The lowest BCUT2D eigenvalue weighted by molar-refractivity contribution is -0.140. The average molecular weight is 470 g/mol. The van der Waals surface area contributed by atoms with Gasteiger partial charge in [-0.25, -0.2) is 0 Å². The number of amides is 3. The summed E-state index contributed by atoms with van der Waals surface area (Å²) >= 11 is 0. The van der Waals surface area contributed by atoms with Crippen LogP contribution in [0.1, 0.15) is 68.1 Å². The van der Waals surface area contributed by atoms with Crippen molar-refractivity contribution in [3.63, 3.8) is 0 Å². The van der Waals surface area contributed by atoms with Gasteiger partial charge in [0.2, 0.25) is 11.8 Å². The molecule has 1 saturated carbocycles. The first-order valence-corrected chi connectivity index (χ1v) is 11.9. The third-order valence-corrected chi connectivity index (χ3v) is 6.11. The predicted octanol–water partition coefficient (Wildman–Crippen LogP) is 3.69. The van der Waals surface area contributed by atoms with Gasteiger partial charge in [-0.05, 0) is 55.0 Å². The minimum absolute atomic E-state index is 0.119. The maximum atomic E-state index is 13.5. The number of rotatable bonds is 11. The highest BCUT2D eigenvalue weighted by Gasteiger charge is 2.33. The van der Waals surface area contributed by atoms with E-state index in [9.17, 15) is 14.4 Å². The molecule has 1 aliphatic carbocycles. The van der Waals surface area contributed by atoms with Crippen LogP contribution in [0.15, 0.2) is 47.1 Å². The van der Waals surface area contributed by atoms with Crippen LogP contribution >= 0.6 is 0 Å². The molecule has 184 valence electrons. The lowest BCUT2D eigenvalue weighted by Crippen LogP contribution is -2.49. The molecule has 8 heteroatoms. The minimum Gasteiger partial charge on any atom is -0.497 e. The maximum absolute atomic E-state index is 13.5. The number of hydrogen-bond acceptors (Lipinski definition) is 5. The first kappa shape index (κ1) is 25.3. The van der Waals surface area contributed by atoms with E-state index in [1.54, 1.807) is 30.2 Å². The fourth-order valence-corrected chi connectivity index (χ4v) is 4.16. The highest BCUT2D eigenvalue weighted by Crippen LogP contribution is 2.26. The van der Waals surface area contributed by atoms with Crippen LogP contribution in [-0.4, -0.2) is 48.9 Å². The lowest BCUT2D eigenvalue weighted by atomic mass is 10.0. The molecule has 3 rings (SSSR count). The molecular formula is C26H35N3O5. The van der Waals surface area contributed by atoms with Crippen LogP contribution in [0.4, 0.5) is 0 Å². The number of nitrogens with one attached hydrogen (secondary N) is 2. The van der Waals surface area contributed by atoms with Gasteiger partial charge in [-0.2, -0.15) is 0 Å². The van der Waals surface area contributed by atoms with Gasteiger partial charge in [0.15, 0.2) is 5.76 Å². The molecule has 1 aromatic heterocycles. The predicted molar refractivity (Wildman–Crippen MR) is 128 cm³/mol. The quantitative estimate of drug-likeness (QED) is 0.523. The standard InChI is InChI=1S/C26H35N3O5/c1-18(2)14-15-29(23(30)17-27-25(31)22-9-6-16-34-22)24(19-10-12-21(33-3)13-11-19)26(32)28-20-7-4-5-8-20/h6,9-13,16,18,20,24H,4-5,7-8,14-15,17H2,1-3H3,(H,27,31)(H,28,32)/t24-/m1/s1. The van der Waals surface area contributed by atoms with Crippen molar-refractivity contribution < 1.29 is 23.5 Å². The molecule has 8 nitrogen and oxygen atoms in total. The zero-order chi connectivity index (χ0) is 24.5. The van der Waals surface area contributed by atoms with E-state index < -0.39 is 11.9 Å². The van der Waals surface area contributed by atoms with Crippen molar-refractivity contribution in [1.29, 1.82) is 0 Å². The van der Waals surface area contributed by atoms with Crippen LogP contribution in [-0.2, 0) is 9.59 Å². The van der Waals surface area contributed by atoms with Gasteiger partial charge < -0.3 is 24.7 Å². The van der Waals surface area contributed by atoms with E-state index >= 15 is 0 Å². The molecule has 2 N–H and O–H groups in total. The molecule has 1 atom stereocenters. The molecule has 0 saturated heterocycles. The summed E-state index contributed by atoms with van der Waals surface area (Å²) in [5, 5.41) is 5.76. The lowest BCUT2D eigenvalue weighted by Gasteiger charge is -2.33. The number of hydrogen-bond donors (Lipinski definition) is 2. The Morgan fingerprint density at radius 1 is 1.12 bits per heavy atom. The monoisotopic (exact) mass is 469 g/mol. The van der Waals surface area contributed by atoms with Crippen LogP contribution in [0, 0.1) is 5.92 Å².